The van der Waals surface area contributed by atoms with E-state index < -0.39 is 5.54 Å². The number of nitrogens with one attached hydrogen (secondary N) is 1. The smallest absolute Gasteiger partial charge is 0.255 e. The monoisotopic (exact) mass is 208 g/mol. The lowest BCUT2D eigenvalue weighted by Gasteiger charge is -2.19. The minimum atomic E-state index is -0.458. The maximum absolute atomic E-state index is 11.6. The predicted octanol–water partition coefficient (Wildman–Crippen LogP) is 0.859. The molecule has 0 saturated carbocycles. The van der Waals surface area contributed by atoms with E-state index in [1.54, 1.807) is 18.2 Å². The summed E-state index contributed by atoms with van der Waals surface area (Å²) in [6.07, 6.45) is 0. The zero-order valence-electron chi connectivity index (χ0n) is 8.95. The van der Waals surface area contributed by atoms with Gasteiger partial charge in [0.15, 0.2) is 0 Å². The fourth-order valence-electron chi connectivity index (χ4n) is 1.07. The Hall–Kier alpha value is -1.55. The van der Waals surface area contributed by atoms with Crippen LogP contribution in [0.5, 0.6) is 5.75 Å². The molecule has 0 atom stereocenters. The molecule has 0 radical (unpaired) electrons. The third kappa shape index (κ3) is 3.59. The van der Waals surface area contributed by atoms with E-state index in [9.17, 15) is 9.90 Å². The normalized spacial score (nSPS) is 11.1. The third-order valence-corrected chi connectivity index (χ3v) is 1.85. The maximum Gasteiger partial charge on any atom is 0.255 e. The molecule has 0 aliphatic carbocycles. The van der Waals surface area contributed by atoms with E-state index in [0.29, 0.717) is 6.54 Å². The van der Waals surface area contributed by atoms with Crippen LogP contribution in [0.25, 0.3) is 0 Å². The SMILES string of the molecule is CC(C)(N)CNC(=O)c1ccccc1O. The van der Waals surface area contributed by atoms with Gasteiger partial charge in [0.05, 0.1) is 5.56 Å². The summed E-state index contributed by atoms with van der Waals surface area (Å²) < 4.78 is 0. The van der Waals surface area contributed by atoms with Crippen LogP contribution < -0.4 is 11.1 Å². The number of rotatable bonds is 3. The van der Waals surface area contributed by atoms with E-state index in [1.165, 1.54) is 6.07 Å². The Morgan fingerprint density at radius 3 is 2.60 bits per heavy atom. The highest BCUT2D eigenvalue weighted by Gasteiger charge is 2.14. The van der Waals surface area contributed by atoms with Gasteiger partial charge in [-0.15, -0.1) is 0 Å². The summed E-state index contributed by atoms with van der Waals surface area (Å²) in [5, 5.41) is 12.1. The zero-order valence-corrected chi connectivity index (χ0v) is 8.95. The summed E-state index contributed by atoms with van der Waals surface area (Å²) in [4.78, 5) is 11.6. The van der Waals surface area contributed by atoms with Gasteiger partial charge < -0.3 is 16.2 Å². The van der Waals surface area contributed by atoms with E-state index in [2.05, 4.69) is 5.32 Å². The number of hydrogen-bond acceptors (Lipinski definition) is 3. The Balaban J connectivity index is 2.66. The zero-order chi connectivity index (χ0) is 11.5. The van der Waals surface area contributed by atoms with Crippen LogP contribution >= 0.6 is 0 Å². The Labute approximate surface area is 89.1 Å². The van der Waals surface area contributed by atoms with Crippen molar-refractivity contribution in [3.8, 4) is 5.75 Å². The minimum Gasteiger partial charge on any atom is -0.507 e. The molecule has 0 aliphatic heterocycles. The van der Waals surface area contributed by atoms with Crippen molar-refractivity contribution in [1.29, 1.82) is 0 Å². The van der Waals surface area contributed by atoms with Gasteiger partial charge in [0, 0.05) is 12.1 Å². The number of carbonyl (C=O) groups is 1. The molecule has 0 bridgehead atoms. The number of nitrogens with two attached hydrogens (primary N) is 1. The van der Waals surface area contributed by atoms with Crippen LogP contribution in [-0.4, -0.2) is 23.1 Å². The van der Waals surface area contributed by atoms with Crippen LogP contribution in [0.1, 0.15) is 24.2 Å². The van der Waals surface area contributed by atoms with Crippen LogP contribution in [0.15, 0.2) is 24.3 Å². The predicted molar refractivity (Wildman–Crippen MR) is 58.7 cm³/mol. The summed E-state index contributed by atoms with van der Waals surface area (Å²) in [5.74, 6) is -0.337. The molecule has 15 heavy (non-hydrogen) atoms. The van der Waals surface area contributed by atoms with E-state index in [0.717, 1.165) is 0 Å². The third-order valence-electron chi connectivity index (χ3n) is 1.85. The van der Waals surface area contributed by atoms with Gasteiger partial charge in [-0.3, -0.25) is 4.79 Å². The molecule has 0 aliphatic rings. The first-order chi connectivity index (χ1) is 6.90. The van der Waals surface area contributed by atoms with Gasteiger partial charge in [0.25, 0.3) is 5.91 Å². The van der Waals surface area contributed by atoms with Gasteiger partial charge in [-0.1, -0.05) is 12.1 Å². The van der Waals surface area contributed by atoms with Gasteiger partial charge in [0.1, 0.15) is 5.75 Å². The highest BCUT2D eigenvalue weighted by molar-refractivity contribution is 5.96. The number of carbonyl (C=O) groups excluding carboxylic acids is 1. The Bertz CT molecular complexity index is 356. The Morgan fingerprint density at radius 2 is 2.07 bits per heavy atom. The van der Waals surface area contributed by atoms with Crippen molar-refractivity contribution in [2.24, 2.45) is 5.73 Å². The lowest BCUT2D eigenvalue weighted by molar-refractivity contribution is 0.0943. The first-order valence-electron chi connectivity index (χ1n) is 4.75. The molecule has 0 saturated heterocycles. The Kier molecular flexibility index (Phi) is 3.31. The van der Waals surface area contributed by atoms with Crippen molar-refractivity contribution >= 4 is 5.91 Å². The lowest BCUT2D eigenvalue weighted by atomic mass is 10.1. The number of benzene rings is 1. The highest BCUT2D eigenvalue weighted by Crippen LogP contribution is 2.15. The number of hydrogen-bond donors (Lipinski definition) is 3. The first kappa shape index (κ1) is 11.5. The van der Waals surface area contributed by atoms with E-state index in [1.807, 2.05) is 13.8 Å². The number of amides is 1. The van der Waals surface area contributed by atoms with Crippen LogP contribution in [0, 0.1) is 0 Å². The Morgan fingerprint density at radius 1 is 1.47 bits per heavy atom. The van der Waals surface area contributed by atoms with Gasteiger partial charge in [-0.2, -0.15) is 0 Å². The van der Waals surface area contributed by atoms with Crippen molar-refractivity contribution in [3.63, 3.8) is 0 Å². The molecule has 1 aromatic carbocycles. The second-order valence-electron chi connectivity index (χ2n) is 4.19. The largest absolute Gasteiger partial charge is 0.507 e. The number of aromatic hydroxyl groups is 1. The molecule has 0 heterocycles. The average Bonchev–Trinajstić information content (AvgIpc) is 2.14. The molecule has 0 fully saturated rings. The molecule has 1 aromatic rings. The molecule has 1 rings (SSSR count). The van der Waals surface area contributed by atoms with Gasteiger partial charge in [0.2, 0.25) is 0 Å². The summed E-state index contributed by atoms with van der Waals surface area (Å²) >= 11 is 0. The maximum atomic E-state index is 11.6. The van der Waals surface area contributed by atoms with Crippen LogP contribution in [0.3, 0.4) is 0 Å². The second-order valence-corrected chi connectivity index (χ2v) is 4.19. The van der Waals surface area contributed by atoms with Crippen molar-refractivity contribution in [1.82, 2.24) is 5.32 Å². The quantitative estimate of drug-likeness (QED) is 0.689. The molecule has 4 N–H and O–H groups in total. The van der Waals surface area contributed by atoms with Gasteiger partial charge in [-0.05, 0) is 26.0 Å². The van der Waals surface area contributed by atoms with Crippen LogP contribution in [0.2, 0.25) is 0 Å². The molecule has 4 nitrogen and oxygen atoms in total. The van der Waals surface area contributed by atoms with E-state index in [4.69, 9.17) is 5.73 Å². The molecule has 1 amide bonds. The molecule has 0 aromatic heterocycles. The van der Waals surface area contributed by atoms with Gasteiger partial charge >= 0.3 is 0 Å². The second kappa shape index (κ2) is 4.31. The fourth-order valence-corrected chi connectivity index (χ4v) is 1.07. The lowest BCUT2D eigenvalue weighted by Crippen LogP contribution is -2.45. The van der Waals surface area contributed by atoms with Crippen LogP contribution in [-0.2, 0) is 0 Å². The standard InChI is InChI=1S/C11H16N2O2/c1-11(2,12)7-13-10(15)8-5-3-4-6-9(8)14/h3-6,14H,7,12H2,1-2H3,(H,13,15). The van der Waals surface area contributed by atoms with Crippen molar-refractivity contribution in [2.75, 3.05) is 6.54 Å². The number of phenols is 1. The summed E-state index contributed by atoms with van der Waals surface area (Å²) in [7, 11) is 0. The molecule has 4 heteroatoms. The topological polar surface area (TPSA) is 75.3 Å². The molecular weight excluding hydrogens is 192 g/mol. The summed E-state index contributed by atoms with van der Waals surface area (Å²) in [6, 6.07) is 6.40. The molecule has 0 unspecified atom stereocenters. The van der Waals surface area contributed by atoms with Crippen LogP contribution in [0.4, 0.5) is 0 Å². The minimum absolute atomic E-state index is 0.0233. The van der Waals surface area contributed by atoms with Crippen molar-refractivity contribution in [2.45, 2.75) is 19.4 Å². The van der Waals surface area contributed by atoms with Gasteiger partial charge in [-0.25, -0.2) is 0 Å². The molecular formula is C11H16N2O2. The summed E-state index contributed by atoms with van der Waals surface area (Å²) in [5.41, 5.74) is 5.53. The number of phenolic OH excluding ortho intramolecular Hbond substituents is 1. The average molecular weight is 208 g/mol. The molecule has 0 spiro atoms. The number of para-hydroxylation sites is 1. The molecule has 82 valence electrons. The highest BCUT2D eigenvalue weighted by atomic mass is 16.3. The first-order valence-corrected chi connectivity index (χ1v) is 4.75. The summed E-state index contributed by atoms with van der Waals surface area (Å²) in [6.45, 7) is 4.00. The van der Waals surface area contributed by atoms with E-state index in [-0.39, 0.29) is 17.2 Å². The van der Waals surface area contributed by atoms with Crippen molar-refractivity contribution in [3.05, 3.63) is 29.8 Å². The van der Waals surface area contributed by atoms with Crippen molar-refractivity contribution < 1.29 is 9.90 Å². The van der Waals surface area contributed by atoms with E-state index >= 15 is 0 Å². The fraction of sp³-hybridized carbons (Fsp3) is 0.364.